The van der Waals surface area contributed by atoms with Crippen molar-refractivity contribution in [2.45, 2.75) is 0 Å². The van der Waals surface area contributed by atoms with Crippen molar-refractivity contribution in [2.75, 3.05) is 5.73 Å². The zero-order valence-corrected chi connectivity index (χ0v) is 5.97. The van der Waals surface area contributed by atoms with Crippen molar-refractivity contribution in [3.8, 4) is 6.07 Å². The Morgan fingerprint density at radius 1 is 1.50 bits per heavy atom. The molecular formula is C6H4N6. The van der Waals surface area contributed by atoms with Crippen LogP contribution in [0, 0.1) is 11.3 Å². The van der Waals surface area contributed by atoms with Crippen LogP contribution in [-0.4, -0.2) is 19.8 Å². The minimum atomic E-state index is 0.263. The molecule has 2 rings (SSSR count). The van der Waals surface area contributed by atoms with Crippen LogP contribution in [0.1, 0.15) is 5.56 Å². The molecule has 0 aromatic carbocycles. The molecule has 58 valence electrons. The smallest absolute Gasteiger partial charge is 0.154 e. The molecule has 2 N–H and O–H groups in total. The van der Waals surface area contributed by atoms with E-state index in [4.69, 9.17) is 11.0 Å². The predicted molar refractivity (Wildman–Crippen MR) is 39.9 cm³/mol. The van der Waals surface area contributed by atoms with Gasteiger partial charge in [-0.25, -0.2) is 4.98 Å². The van der Waals surface area contributed by atoms with E-state index >= 15 is 0 Å². The largest absolute Gasteiger partial charge is 0.382 e. The molecule has 0 aliphatic carbocycles. The molecule has 0 saturated carbocycles. The van der Waals surface area contributed by atoms with E-state index in [9.17, 15) is 0 Å². The molecule has 2 heterocycles. The van der Waals surface area contributed by atoms with Gasteiger partial charge in [-0.05, 0) is 0 Å². The highest BCUT2D eigenvalue weighted by atomic mass is 15.4. The fourth-order valence-corrected chi connectivity index (χ4v) is 0.947. The molecule has 0 amide bonds. The third-order valence-electron chi connectivity index (χ3n) is 1.47. The molecule has 0 bridgehead atoms. The summed E-state index contributed by atoms with van der Waals surface area (Å²) in [7, 11) is 0. The Morgan fingerprint density at radius 2 is 2.33 bits per heavy atom. The van der Waals surface area contributed by atoms with Crippen molar-refractivity contribution in [1.82, 2.24) is 19.8 Å². The van der Waals surface area contributed by atoms with Crippen LogP contribution in [-0.2, 0) is 0 Å². The molecule has 0 aliphatic rings. The maximum Gasteiger partial charge on any atom is 0.154 e. The SMILES string of the molecule is N#Cc1cnn2ncnc(N)c12. The third-order valence-corrected chi connectivity index (χ3v) is 1.47. The quantitative estimate of drug-likeness (QED) is 0.564. The van der Waals surface area contributed by atoms with Crippen LogP contribution in [0.5, 0.6) is 0 Å². The highest BCUT2D eigenvalue weighted by molar-refractivity contribution is 5.71. The first kappa shape index (κ1) is 6.54. The van der Waals surface area contributed by atoms with Gasteiger partial charge in [-0.2, -0.15) is 10.4 Å². The molecule has 0 spiro atoms. The summed E-state index contributed by atoms with van der Waals surface area (Å²) >= 11 is 0. The van der Waals surface area contributed by atoms with Crippen LogP contribution >= 0.6 is 0 Å². The van der Waals surface area contributed by atoms with E-state index in [1.807, 2.05) is 6.07 Å². The molecule has 0 radical (unpaired) electrons. The summed E-state index contributed by atoms with van der Waals surface area (Å²) < 4.78 is 1.28. The molecule has 2 aromatic heterocycles. The van der Waals surface area contributed by atoms with Crippen LogP contribution in [0.2, 0.25) is 0 Å². The van der Waals surface area contributed by atoms with Crippen molar-refractivity contribution < 1.29 is 0 Å². The van der Waals surface area contributed by atoms with E-state index in [1.54, 1.807) is 0 Å². The first-order valence-electron chi connectivity index (χ1n) is 3.17. The second-order valence-corrected chi connectivity index (χ2v) is 2.15. The molecule has 12 heavy (non-hydrogen) atoms. The number of aromatic nitrogens is 4. The molecule has 0 aliphatic heterocycles. The van der Waals surface area contributed by atoms with Gasteiger partial charge in [-0.3, -0.25) is 0 Å². The second-order valence-electron chi connectivity index (χ2n) is 2.15. The summed E-state index contributed by atoms with van der Waals surface area (Å²) in [4.78, 5) is 3.74. The van der Waals surface area contributed by atoms with Gasteiger partial charge in [0.25, 0.3) is 0 Å². The molecule has 0 saturated heterocycles. The normalized spacial score (nSPS) is 9.92. The molecule has 0 unspecified atom stereocenters. The number of nitriles is 1. The maximum atomic E-state index is 8.63. The van der Waals surface area contributed by atoms with E-state index in [1.165, 1.54) is 17.2 Å². The van der Waals surface area contributed by atoms with Crippen molar-refractivity contribution in [3.05, 3.63) is 18.1 Å². The topological polar surface area (TPSA) is 92.9 Å². The van der Waals surface area contributed by atoms with Crippen LogP contribution in [0.3, 0.4) is 0 Å². The number of hydrogen-bond donors (Lipinski definition) is 1. The lowest BCUT2D eigenvalue weighted by molar-refractivity contribution is 0.783. The van der Waals surface area contributed by atoms with Gasteiger partial charge < -0.3 is 5.73 Å². The summed E-state index contributed by atoms with van der Waals surface area (Å²) in [6.07, 6.45) is 2.69. The van der Waals surface area contributed by atoms with Gasteiger partial charge in [0.05, 0.1) is 6.20 Å². The minimum absolute atomic E-state index is 0.263. The van der Waals surface area contributed by atoms with Gasteiger partial charge in [0.1, 0.15) is 23.5 Å². The third kappa shape index (κ3) is 0.703. The van der Waals surface area contributed by atoms with Crippen molar-refractivity contribution in [3.63, 3.8) is 0 Å². The van der Waals surface area contributed by atoms with Gasteiger partial charge in [-0.1, -0.05) is 0 Å². The number of nitrogens with zero attached hydrogens (tertiary/aromatic N) is 5. The molecule has 2 aromatic rings. The summed E-state index contributed by atoms with van der Waals surface area (Å²) in [6.45, 7) is 0. The van der Waals surface area contributed by atoms with Crippen molar-refractivity contribution in [1.29, 1.82) is 5.26 Å². The van der Waals surface area contributed by atoms with E-state index in [2.05, 4.69) is 15.2 Å². The lowest BCUT2D eigenvalue weighted by atomic mass is 10.3. The van der Waals surface area contributed by atoms with Crippen LogP contribution < -0.4 is 5.73 Å². The lowest BCUT2D eigenvalue weighted by Gasteiger charge is -1.93. The Bertz CT molecular complexity index is 464. The van der Waals surface area contributed by atoms with Crippen LogP contribution in [0.15, 0.2) is 12.5 Å². The molecule has 6 nitrogen and oxygen atoms in total. The first-order chi connectivity index (χ1) is 5.83. The Labute approximate surface area is 67.2 Å². The van der Waals surface area contributed by atoms with E-state index < -0.39 is 0 Å². The molecular weight excluding hydrogens is 156 g/mol. The van der Waals surface area contributed by atoms with E-state index in [0.29, 0.717) is 11.1 Å². The van der Waals surface area contributed by atoms with Gasteiger partial charge in [0, 0.05) is 0 Å². The number of nitrogen functional groups attached to an aromatic ring is 1. The first-order valence-corrected chi connectivity index (χ1v) is 3.17. The van der Waals surface area contributed by atoms with E-state index in [0.717, 1.165) is 0 Å². The summed E-state index contributed by atoms with van der Waals surface area (Å²) in [6, 6.07) is 1.95. The van der Waals surface area contributed by atoms with Gasteiger partial charge in [-0.15, -0.1) is 9.73 Å². The average Bonchev–Trinajstić information content (AvgIpc) is 2.49. The summed E-state index contributed by atoms with van der Waals surface area (Å²) in [5, 5.41) is 16.2. The Kier molecular flexibility index (Phi) is 1.18. The fraction of sp³-hybridized carbons (Fsp3) is 0. The zero-order chi connectivity index (χ0) is 8.55. The van der Waals surface area contributed by atoms with Gasteiger partial charge in [0.2, 0.25) is 0 Å². The molecule has 6 heteroatoms. The van der Waals surface area contributed by atoms with E-state index in [-0.39, 0.29) is 5.82 Å². The number of fused-ring (bicyclic) bond motifs is 1. The number of hydrogen-bond acceptors (Lipinski definition) is 5. The number of rotatable bonds is 0. The Hall–Kier alpha value is -2.16. The van der Waals surface area contributed by atoms with Crippen molar-refractivity contribution in [2.24, 2.45) is 0 Å². The van der Waals surface area contributed by atoms with Gasteiger partial charge in [0.15, 0.2) is 5.82 Å². The predicted octanol–water partition coefficient (Wildman–Crippen LogP) is -0.422. The average molecular weight is 160 g/mol. The number of nitrogens with two attached hydrogens (primary N) is 1. The highest BCUT2D eigenvalue weighted by Gasteiger charge is 2.07. The Balaban J connectivity index is 2.95. The summed E-state index contributed by atoms with van der Waals surface area (Å²) in [5.74, 6) is 0.263. The highest BCUT2D eigenvalue weighted by Crippen LogP contribution is 2.12. The monoisotopic (exact) mass is 160 g/mol. The zero-order valence-electron chi connectivity index (χ0n) is 5.97. The summed E-state index contributed by atoms with van der Waals surface area (Å²) in [5.41, 5.74) is 6.35. The maximum absolute atomic E-state index is 8.63. The number of anilines is 1. The second kappa shape index (κ2) is 2.17. The standard InChI is InChI=1S/C6H4N6/c7-1-4-2-10-12-5(4)6(8)9-3-11-12/h2-3H,(H2,8,9,11). The van der Waals surface area contributed by atoms with Crippen LogP contribution in [0.25, 0.3) is 5.52 Å². The van der Waals surface area contributed by atoms with Crippen LogP contribution in [0.4, 0.5) is 5.82 Å². The lowest BCUT2D eigenvalue weighted by Crippen LogP contribution is -2.00. The fourth-order valence-electron chi connectivity index (χ4n) is 0.947. The van der Waals surface area contributed by atoms with Crippen molar-refractivity contribution >= 4 is 11.3 Å². The Morgan fingerprint density at radius 3 is 3.08 bits per heavy atom. The van der Waals surface area contributed by atoms with Gasteiger partial charge >= 0.3 is 0 Å². The minimum Gasteiger partial charge on any atom is -0.382 e. The molecule has 0 atom stereocenters. The molecule has 0 fully saturated rings.